The van der Waals surface area contributed by atoms with Crippen LogP contribution in [0.15, 0.2) is 30.3 Å². The van der Waals surface area contributed by atoms with Crippen molar-refractivity contribution in [3.63, 3.8) is 0 Å². The SMILES string of the molecule is O=C(CNC(C1CCC1)(C1CC1)P(=O)(O)O)N(O)Cc1ccccc1. The number of benzene rings is 1. The number of carbonyl (C=O) groups is 1. The van der Waals surface area contributed by atoms with Gasteiger partial charge in [0.05, 0.1) is 13.1 Å². The van der Waals surface area contributed by atoms with Crippen molar-refractivity contribution in [2.75, 3.05) is 6.54 Å². The molecule has 1 amide bonds. The molecule has 0 radical (unpaired) electrons. The Morgan fingerprint density at radius 2 is 1.76 bits per heavy atom. The molecule has 1 aromatic rings. The van der Waals surface area contributed by atoms with Crippen molar-refractivity contribution in [3.8, 4) is 0 Å². The Bertz CT molecular complexity index is 656. The number of nitrogens with zero attached hydrogens (tertiary/aromatic N) is 1. The molecule has 8 heteroatoms. The third-order valence-electron chi connectivity index (χ3n) is 5.40. The van der Waals surface area contributed by atoms with Gasteiger partial charge in [-0.15, -0.1) is 0 Å². The summed E-state index contributed by atoms with van der Waals surface area (Å²) in [6, 6.07) is 9.06. The molecule has 138 valence electrons. The smallest absolute Gasteiger partial charge is 0.323 e. The molecule has 0 bridgehead atoms. The summed E-state index contributed by atoms with van der Waals surface area (Å²) in [5.74, 6) is -0.816. The van der Waals surface area contributed by atoms with Gasteiger partial charge in [-0.2, -0.15) is 0 Å². The first-order chi connectivity index (χ1) is 11.8. The van der Waals surface area contributed by atoms with E-state index in [1.165, 1.54) is 0 Å². The summed E-state index contributed by atoms with van der Waals surface area (Å²) in [4.78, 5) is 32.3. The minimum absolute atomic E-state index is 0.0388. The first-order valence-corrected chi connectivity index (χ1v) is 10.3. The van der Waals surface area contributed by atoms with Crippen LogP contribution in [0, 0.1) is 11.8 Å². The van der Waals surface area contributed by atoms with Crippen LogP contribution in [0.25, 0.3) is 0 Å². The van der Waals surface area contributed by atoms with Crippen molar-refractivity contribution in [3.05, 3.63) is 35.9 Å². The summed E-state index contributed by atoms with van der Waals surface area (Å²) in [7, 11) is -4.44. The van der Waals surface area contributed by atoms with Gasteiger partial charge in [-0.05, 0) is 43.1 Å². The molecule has 3 rings (SSSR count). The highest BCUT2D eigenvalue weighted by molar-refractivity contribution is 7.53. The second kappa shape index (κ2) is 7.17. The lowest BCUT2D eigenvalue weighted by Gasteiger charge is -2.46. The Labute approximate surface area is 147 Å². The van der Waals surface area contributed by atoms with E-state index in [0.717, 1.165) is 37.7 Å². The Morgan fingerprint density at radius 1 is 1.16 bits per heavy atom. The number of hydroxylamine groups is 2. The molecular formula is C17H25N2O5P. The van der Waals surface area contributed by atoms with Crippen molar-refractivity contribution in [2.24, 2.45) is 11.8 Å². The Morgan fingerprint density at radius 3 is 2.24 bits per heavy atom. The van der Waals surface area contributed by atoms with E-state index in [1.54, 1.807) is 12.1 Å². The van der Waals surface area contributed by atoms with Crippen molar-refractivity contribution in [1.82, 2.24) is 10.4 Å². The van der Waals surface area contributed by atoms with Crippen molar-refractivity contribution >= 4 is 13.5 Å². The first-order valence-electron chi connectivity index (χ1n) is 8.68. The topological polar surface area (TPSA) is 110 Å². The lowest BCUT2D eigenvalue weighted by atomic mass is 9.77. The summed E-state index contributed by atoms with van der Waals surface area (Å²) in [6.07, 6.45) is 3.99. The highest BCUT2D eigenvalue weighted by atomic mass is 31.2. The van der Waals surface area contributed by atoms with E-state index >= 15 is 0 Å². The quantitative estimate of drug-likeness (QED) is 0.318. The molecule has 4 N–H and O–H groups in total. The molecule has 7 nitrogen and oxygen atoms in total. The van der Waals surface area contributed by atoms with E-state index in [2.05, 4.69) is 5.32 Å². The second-order valence-corrected chi connectivity index (χ2v) is 8.89. The maximum absolute atomic E-state index is 12.3. The van der Waals surface area contributed by atoms with Crippen LogP contribution in [0.5, 0.6) is 0 Å². The predicted molar refractivity (Wildman–Crippen MR) is 91.6 cm³/mol. The number of hydrogen-bond acceptors (Lipinski definition) is 4. The molecule has 2 saturated carbocycles. The number of nitrogens with one attached hydrogen (secondary N) is 1. The monoisotopic (exact) mass is 368 g/mol. The molecule has 2 aliphatic rings. The average molecular weight is 368 g/mol. The third kappa shape index (κ3) is 3.81. The molecule has 1 atom stereocenters. The van der Waals surface area contributed by atoms with Crippen LogP contribution in [0.1, 0.15) is 37.7 Å². The molecule has 0 saturated heterocycles. The zero-order chi connectivity index (χ0) is 18.1. The van der Waals surface area contributed by atoms with Gasteiger partial charge >= 0.3 is 7.60 Å². The van der Waals surface area contributed by atoms with Crippen molar-refractivity contribution < 1.29 is 24.4 Å². The lowest BCUT2D eigenvalue weighted by Crippen LogP contribution is -2.57. The third-order valence-corrected chi connectivity index (χ3v) is 7.25. The van der Waals surface area contributed by atoms with Gasteiger partial charge in [0.2, 0.25) is 0 Å². The van der Waals surface area contributed by atoms with Gasteiger partial charge in [-0.3, -0.25) is 19.9 Å². The maximum Gasteiger partial charge on any atom is 0.345 e. The fraction of sp³-hybridized carbons (Fsp3) is 0.588. The zero-order valence-electron chi connectivity index (χ0n) is 14.0. The molecule has 1 unspecified atom stereocenters. The summed E-state index contributed by atoms with van der Waals surface area (Å²) in [5.41, 5.74) is 0.779. The van der Waals surface area contributed by atoms with Crippen LogP contribution in [-0.2, 0) is 15.9 Å². The standard InChI is InChI=1S/C17H25N2O5P/c20-16(19(21)12-13-5-2-1-3-6-13)11-18-17(15-9-10-15,25(22,23)24)14-7-4-8-14/h1-3,5-6,14-15,18,21H,4,7-12H2,(H2,22,23,24). The number of carbonyl (C=O) groups excluding carboxylic acids is 1. The summed E-state index contributed by atoms with van der Waals surface area (Å²) >= 11 is 0. The van der Waals surface area contributed by atoms with E-state index in [4.69, 9.17) is 0 Å². The Hall–Kier alpha value is -1.24. The number of hydrogen-bond donors (Lipinski definition) is 4. The van der Waals surface area contributed by atoms with Crippen LogP contribution in [0.3, 0.4) is 0 Å². The summed E-state index contributed by atoms with van der Waals surface area (Å²) < 4.78 is 12.3. The van der Waals surface area contributed by atoms with Crippen molar-refractivity contribution in [2.45, 2.75) is 43.9 Å². The first kappa shape index (κ1) is 18.5. The normalized spacial score (nSPS) is 20.6. The maximum atomic E-state index is 12.3. The molecule has 2 aliphatic carbocycles. The van der Waals surface area contributed by atoms with Gasteiger partial charge in [0.15, 0.2) is 0 Å². The number of amides is 1. The van der Waals surface area contributed by atoms with E-state index in [9.17, 15) is 24.4 Å². The fourth-order valence-electron chi connectivity index (χ4n) is 3.73. The van der Waals surface area contributed by atoms with Gasteiger partial charge in [0.25, 0.3) is 5.91 Å². The van der Waals surface area contributed by atoms with Crippen LogP contribution >= 0.6 is 7.60 Å². The second-order valence-electron chi connectivity index (χ2n) is 7.06. The minimum atomic E-state index is -4.44. The Kier molecular flexibility index (Phi) is 5.32. The summed E-state index contributed by atoms with van der Waals surface area (Å²) in [6.45, 7) is -0.251. The highest BCUT2D eigenvalue weighted by Crippen LogP contribution is 2.66. The molecule has 2 fully saturated rings. The van der Waals surface area contributed by atoms with Gasteiger partial charge in [-0.1, -0.05) is 36.8 Å². The zero-order valence-corrected chi connectivity index (χ0v) is 14.9. The van der Waals surface area contributed by atoms with Gasteiger partial charge in [0.1, 0.15) is 5.28 Å². The van der Waals surface area contributed by atoms with Crippen LogP contribution in [0.4, 0.5) is 0 Å². The number of rotatable bonds is 8. The highest BCUT2D eigenvalue weighted by Gasteiger charge is 2.62. The van der Waals surface area contributed by atoms with Crippen LogP contribution in [-0.4, -0.2) is 37.8 Å². The van der Waals surface area contributed by atoms with Crippen LogP contribution in [0.2, 0.25) is 0 Å². The minimum Gasteiger partial charge on any atom is -0.323 e. The van der Waals surface area contributed by atoms with Gasteiger partial charge in [0, 0.05) is 0 Å². The van der Waals surface area contributed by atoms with E-state index in [0.29, 0.717) is 5.06 Å². The fourth-order valence-corrected chi connectivity index (χ4v) is 5.48. The van der Waals surface area contributed by atoms with Crippen molar-refractivity contribution in [1.29, 1.82) is 0 Å². The molecule has 0 aromatic heterocycles. The Balaban J connectivity index is 1.66. The molecule has 1 aromatic carbocycles. The molecule has 0 spiro atoms. The van der Waals surface area contributed by atoms with E-state index < -0.39 is 18.8 Å². The average Bonchev–Trinajstić information content (AvgIpc) is 3.33. The van der Waals surface area contributed by atoms with E-state index in [1.807, 2.05) is 18.2 Å². The molecule has 0 aliphatic heterocycles. The molecule has 25 heavy (non-hydrogen) atoms. The lowest BCUT2D eigenvalue weighted by molar-refractivity contribution is -0.167. The van der Waals surface area contributed by atoms with Crippen LogP contribution < -0.4 is 5.32 Å². The molecule has 0 heterocycles. The predicted octanol–water partition coefficient (Wildman–Crippen LogP) is 2.08. The van der Waals surface area contributed by atoms with Gasteiger partial charge < -0.3 is 9.79 Å². The van der Waals surface area contributed by atoms with E-state index in [-0.39, 0.29) is 24.9 Å². The summed E-state index contributed by atoms with van der Waals surface area (Å²) in [5, 5.41) is 12.1. The largest absolute Gasteiger partial charge is 0.345 e. The molecular weight excluding hydrogens is 343 g/mol. The van der Waals surface area contributed by atoms with Gasteiger partial charge in [-0.25, -0.2) is 5.06 Å².